The molecular formula is C8H11N2+. The van der Waals surface area contributed by atoms with E-state index in [4.69, 9.17) is 0 Å². The summed E-state index contributed by atoms with van der Waals surface area (Å²) < 4.78 is 0. The normalized spacial score (nSPS) is 23.2. The van der Waals surface area contributed by atoms with Gasteiger partial charge in [-0.05, 0) is 6.42 Å². The van der Waals surface area contributed by atoms with Crippen LogP contribution in [0.4, 0.5) is 0 Å². The Kier molecular flexibility index (Phi) is 1.38. The minimum Gasteiger partial charge on any atom is -0.292 e. The Balaban J connectivity index is 2.25. The van der Waals surface area contributed by atoms with Crippen molar-refractivity contribution in [2.75, 3.05) is 6.54 Å². The first kappa shape index (κ1) is 5.83. The van der Waals surface area contributed by atoms with Crippen LogP contribution in [0.25, 0.3) is 0 Å². The van der Waals surface area contributed by atoms with E-state index in [9.17, 15) is 0 Å². The molecule has 0 fully saturated rings. The Morgan fingerprint density at radius 1 is 1.50 bits per heavy atom. The van der Waals surface area contributed by atoms with Gasteiger partial charge in [-0.1, -0.05) is 0 Å². The predicted molar refractivity (Wildman–Crippen MR) is 41.3 cm³/mol. The first-order valence-electron chi connectivity index (χ1n) is 3.74. The molecule has 2 heteroatoms. The molecule has 2 aliphatic heterocycles. The fourth-order valence-electron chi connectivity index (χ4n) is 1.40. The molecule has 0 aromatic rings. The quantitative estimate of drug-likeness (QED) is 0.470. The summed E-state index contributed by atoms with van der Waals surface area (Å²) in [7, 11) is 0. The molecule has 2 heterocycles. The fraction of sp³-hybridized carbons (Fsp3) is 0.500. The van der Waals surface area contributed by atoms with Gasteiger partial charge in [-0.2, -0.15) is 0 Å². The van der Waals surface area contributed by atoms with Crippen LogP contribution in [0.1, 0.15) is 19.3 Å². The van der Waals surface area contributed by atoms with Crippen LogP contribution in [0.3, 0.4) is 0 Å². The summed E-state index contributed by atoms with van der Waals surface area (Å²) in [5, 5.41) is 0. The monoisotopic (exact) mass is 135 g/mol. The highest BCUT2D eigenvalue weighted by Gasteiger charge is 2.15. The van der Waals surface area contributed by atoms with Gasteiger partial charge in [0, 0.05) is 18.2 Å². The van der Waals surface area contributed by atoms with Crippen LogP contribution in [-0.4, -0.2) is 19.0 Å². The molecule has 2 rings (SSSR count). The summed E-state index contributed by atoms with van der Waals surface area (Å²) in [6.45, 7) is 0.927. The number of rotatable bonds is 0. The van der Waals surface area contributed by atoms with E-state index in [0.717, 1.165) is 19.4 Å². The third-order valence-electron chi connectivity index (χ3n) is 2.00. The third-order valence-corrected chi connectivity index (χ3v) is 2.00. The molecule has 0 aliphatic carbocycles. The number of allylic oxidation sites excluding steroid dienone is 1. The molecule has 0 radical (unpaired) electrons. The maximum Gasteiger partial charge on any atom is 0.185 e. The molecule has 0 atom stereocenters. The molecule has 0 spiro atoms. The van der Waals surface area contributed by atoms with Crippen LogP contribution in [0.5, 0.6) is 0 Å². The van der Waals surface area contributed by atoms with Crippen LogP contribution < -0.4 is 4.99 Å². The zero-order valence-corrected chi connectivity index (χ0v) is 5.93. The Morgan fingerprint density at radius 2 is 2.50 bits per heavy atom. The summed E-state index contributed by atoms with van der Waals surface area (Å²) in [4.78, 5) is 7.51. The molecule has 0 amide bonds. The van der Waals surface area contributed by atoms with Gasteiger partial charge >= 0.3 is 0 Å². The van der Waals surface area contributed by atoms with E-state index in [2.05, 4.69) is 16.2 Å². The van der Waals surface area contributed by atoms with Crippen molar-refractivity contribution in [3.63, 3.8) is 0 Å². The third kappa shape index (κ3) is 0.897. The highest BCUT2D eigenvalue weighted by atomic mass is 14.8. The van der Waals surface area contributed by atoms with Crippen molar-refractivity contribution < 1.29 is 4.99 Å². The van der Waals surface area contributed by atoms with E-state index in [1.165, 1.54) is 17.7 Å². The minimum atomic E-state index is 0.927. The van der Waals surface area contributed by atoms with Crippen molar-refractivity contribution in [1.82, 2.24) is 0 Å². The Hall–Kier alpha value is -0.920. The van der Waals surface area contributed by atoms with Gasteiger partial charge in [0.05, 0.1) is 13.0 Å². The highest BCUT2D eigenvalue weighted by molar-refractivity contribution is 5.64. The number of nitrogens with zero attached hydrogens (tertiary/aromatic N) is 1. The lowest BCUT2D eigenvalue weighted by molar-refractivity contribution is -0.398. The number of nitrogens with one attached hydrogen (secondary N) is 1. The number of hydrogen-bond donors (Lipinski definition) is 1. The molecule has 0 saturated heterocycles. The number of hydrogen-bond acceptors (Lipinski definition) is 1. The maximum atomic E-state index is 4.22. The fourth-order valence-corrected chi connectivity index (χ4v) is 1.40. The smallest absolute Gasteiger partial charge is 0.185 e. The Bertz CT molecular complexity index is 223. The SMILES string of the molecule is C1=NCC2=C(C1)[NH+]=CCC2. The van der Waals surface area contributed by atoms with E-state index in [1.54, 1.807) is 0 Å². The zero-order chi connectivity index (χ0) is 6.81. The topological polar surface area (TPSA) is 26.3 Å². The molecule has 0 saturated carbocycles. The lowest BCUT2D eigenvalue weighted by Gasteiger charge is -2.09. The number of aliphatic imine (C=N–C) groups is 1. The molecule has 10 heavy (non-hydrogen) atoms. The average molecular weight is 135 g/mol. The van der Waals surface area contributed by atoms with Gasteiger partial charge in [-0.3, -0.25) is 4.99 Å². The van der Waals surface area contributed by atoms with Crippen molar-refractivity contribution in [2.45, 2.75) is 19.3 Å². The van der Waals surface area contributed by atoms with Gasteiger partial charge in [0.25, 0.3) is 0 Å². The second kappa shape index (κ2) is 2.37. The summed E-state index contributed by atoms with van der Waals surface area (Å²) >= 11 is 0. The summed E-state index contributed by atoms with van der Waals surface area (Å²) in [6, 6.07) is 0. The lowest BCUT2D eigenvalue weighted by atomic mass is 10.0. The van der Waals surface area contributed by atoms with Gasteiger partial charge in [-0.25, -0.2) is 4.99 Å². The van der Waals surface area contributed by atoms with E-state index in [-0.39, 0.29) is 0 Å². The average Bonchev–Trinajstić information content (AvgIpc) is 2.05. The maximum absolute atomic E-state index is 4.22. The lowest BCUT2D eigenvalue weighted by Crippen LogP contribution is -2.68. The minimum absolute atomic E-state index is 0.927. The van der Waals surface area contributed by atoms with Gasteiger partial charge < -0.3 is 0 Å². The van der Waals surface area contributed by atoms with Crippen molar-refractivity contribution in [1.29, 1.82) is 0 Å². The predicted octanol–water partition coefficient (Wildman–Crippen LogP) is -0.340. The van der Waals surface area contributed by atoms with Gasteiger partial charge in [0.1, 0.15) is 6.21 Å². The molecule has 0 bridgehead atoms. The van der Waals surface area contributed by atoms with Crippen molar-refractivity contribution in [3.05, 3.63) is 11.3 Å². The first-order valence-corrected chi connectivity index (χ1v) is 3.74. The summed E-state index contributed by atoms with van der Waals surface area (Å²) in [5.41, 5.74) is 2.89. The van der Waals surface area contributed by atoms with Gasteiger partial charge in [0.2, 0.25) is 0 Å². The van der Waals surface area contributed by atoms with Gasteiger partial charge in [-0.15, -0.1) is 0 Å². The van der Waals surface area contributed by atoms with Crippen molar-refractivity contribution >= 4 is 12.4 Å². The Labute approximate surface area is 60.4 Å². The summed E-state index contributed by atoms with van der Waals surface area (Å²) in [6.07, 6.45) is 7.50. The second-order valence-corrected chi connectivity index (χ2v) is 2.70. The van der Waals surface area contributed by atoms with Crippen LogP contribution in [-0.2, 0) is 0 Å². The van der Waals surface area contributed by atoms with Crippen LogP contribution in [0, 0.1) is 0 Å². The largest absolute Gasteiger partial charge is 0.292 e. The summed E-state index contributed by atoms with van der Waals surface area (Å²) in [5.74, 6) is 0. The van der Waals surface area contributed by atoms with Crippen molar-refractivity contribution in [2.24, 2.45) is 4.99 Å². The van der Waals surface area contributed by atoms with E-state index >= 15 is 0 Å². The van der Waals surface area contributed by atoms with Crippen LogP contribution in [0.15, 0.2) is 16.3 Å². The number of dihydropyridines is 1. The molecule has 2 nitrogen and oxygen atoms in total. The molecule has 0 unspecified atom stereocenters. The van der Waals surface area contributed by atoms with E-state index < -0.39 is 0 Å². The van der Waals surface area contributed by atoms with E-state index in [1.807, 2.05) is 6.21 Å². The van der Waals surface area contributed by atoms with Gasteiger partial charge in [0.15, 0.2) is 5.70 Å². The van der Waals surface area contributed by atoms with E-state index in [0.29, 0.717) is 0 Å². The highest BCUT2D eigenvalue weighted by Crippen LogP contribution is 2.13. The molecule has 2 aliphatic rings. The Morgan fingerprint density at radius 3 is 3.40 bits per heavy atom. The van der Waals surface area contributed by atoms with Crippen LogP contribution >= 0.6 is 0 Å². The standard InChI is InChI=1S/C8H10N2/c1-2-7-6-9-5-3-8(7)10-4-1/h4-5H,1-3,6H2/p+1. The molecule has 0 aromatic heterocycles. The second-order valence-electron chi connectivity index (χ2n) is 2.70. The molecule has 1 N–H and O–H groups in total. The first-order chi connectivity index (χ1) is 4.97. The zero-order valence-electron chi connectivity index (χ0n) is 5.93. The molecule has 0 aromatic carbocycles. The molecular weight excluding hydrogens is 124 g/mol. The van der Waals surface area contributed by atoms with Crippen molar-refractivity contribution in [3.8, 4) is 0 Å². The van der Waals surface area contributed by atoms with Crippen LogP contribution in [0.2, 0.25) is 0 Å². The molecule has 52 valence electrons.